The van der Waals surface area contributed by atoms with Crippen LogP contribution in [-0.4, -0.2) is 52.2 Å². The van der Waals surface area contributed by atoms with Gasteiger partial charge in [-0.2, -0.15) is 0 Å². The van der Waals surface area contributed by atoms with Crippen molar-refractivity contribution in [3.05, 3.63) is 23.3 Å². The molecule has 0 aliphatic heterocycles. The van der Waals surface area contributed by atoms with Crippen molar-refractivity contribution >= 4 is 5.91 Å². The van der Waals surface area contributed by atoms with Crippen LogP contribution in [-0.2, 0) is 11.2 Å². The molecule has 0 aliphatic rings. The highest BCUT2D eigenvalue weighted by atomic mass is 16.5. The zero-order chi connectivity index (χ0) is 15.1. The molecule has 0 heterocycles. The van der Waals surface area contributed by atoms with Gasteiger partial charge in [0.25, 0.3) is 0 Å². The van der Waals surface area contributed by atoms with Crippen LogP contribution in [0.25, 0.3) is 0 Å². The number of amides is 1. The Morgan fingerprint density at radius 2 is 1.95 bits per heavy atom. The molecule has 1 rings (SSSR count). The van der Waals surface area contributed by atoms with Gasteiger partial charge in [0.05, 0.1) is 20.6 Å². The van der Waals surface area contributed by atoms with Gasteiger partial charge in [-0.15, -0.1) is 0 Å². The molecular formula is C15H24N2O3. The molecule has 0 saturated carbocycles. The van der Waals surface area contributed by atoms with Gasteiger partial charge in [0.1, 0.15) is 11.5 Å². The molecule has 0 saturated heterocycles. The summed E-state index contributed by atoms with van der Waals surface area (Å²) in [6.45, 7) is 3.39. The molecule has 0 spiro atoms. The number of hydrogen-bond donors (Lipinski definition) is 1. The highest BCUT2D eigenvalue weighted by Crippen LogP contribution is 2.31. The summed E-state index contributed by atoms with van der Waals surface area (Å²) in [5, 5.41) is 2.89. The van der Waals surface area contributed by atoms with Crippen LogP contribution in [0.1, 0.15) is 11.1 Å². The number of ether oxygens (including phenoxy) is 2. The third kappa shape index (κ3) is 4.42. The monoisotopic (exact) mass is 280 g/mol. The minimum Gasteiger partial charge on any atom is -0.496 e. The van der Waals surface area contributed by atoms with Gasteiger partial charge in [-0.25, -0.2) is 0 Å². The third-order valence-electron chi connectivity index (χ3n) is 3.09. The van der Waals surface area contributed by atoms with E-state index in [1.807, 2.05) is 38.1 Å². The predicted octanol–water partition coefficient (Wildman–Crippen LogP) is 1.23. The quantitative estimate of drug-likeness (QED) is 0.816. The first-order chi connectivity index (χ1) is 9.49. The molecule has 5 heteroatoms. The largest absolute Gasteiger partial charge is 0.496 e. The van der Waals surface area contributed by atoms with Gasteiger partial charge in [0.2, 0.25) is 5.91 Å². The fourth-order valence-electron chi connectivity index (χ4n) is 2.03. The van der Waals surface area contributed by atoms with E-state index in [2.05, 4.69) is 5.32 Å². The first kappa shape index (κ1) is 16.3. The van der Waals surface area contributed by atoms with E-state index in [0.29, 0.717) is 18.7 Å². The van der Waals surface area contributed by atoms with Crippen molar-refractivity contribution in [3.8, 4) is 11.5 Å². The second-order valence-corrected chi connectivity index (χ2v) is 4.92. The van der Waals surface area contributed by atoms with Crippen LogP contribution in [0.4, 0.5) is 0 Å². The summed E-state index contributed by atoms with van der Waals surface area (Å²) in [6, 6.07) is 3.73. The summed E-state index contributed by atoms with van der Waals surface area (Å²) in [6.07, 6.45) is 0.307. The van der Waals surface area contributed by atoms with E-state index in [1.165, 1.54) is 0 Å². The number of carbonyl (C=O) groups excluding carboxylic acids is 1. The van der Waals surface area contributed by atoms with Crippen molar-refractivity contribution in [2.24, 2.45) is 0 Å². The topological polar surface area (TPSA) is 50.8 Å². The summed E-state index contributed by atoms with van der Waals surface area (Å²) < 4.78 is 10.6. The Kier molecular flexibility index (Phi) is 6.31. The number of benzene rings is 1. The second kappa shape index (κ2) is 7.75. The molecule has 20 heavy (non-hydrogen) atoms. The van der Waals surface area contributed by atoms with E-state index in [9.17, 15) is 4.79 Å². The van der Waals surface area contributed by atoms with Crippen LogP contribution in [0.5, 0.6) is 11.5 Å². The Hall–Kier alpha value is -1.75. The average molecular weight is 280 g/mol. The minimum atomic E-state index is -0.00489. The lowest BCUT2D eigenvalue weighted by atomic mass is 10.1. The van der Waals surface area contributed by atoms with E-state index in [0.717, 1.165) is 23.4 Å². The third-order valence-corrected chi connectivity index (χ3v) is 3.09. The molecule has 0 fully saturated rings. The van der Waals surface area contributed by atoms with E-state index >= 15 is 0 Å². The Balaban J connectivity index is 2.72. The van der Waals surface area contributed by atoms with Crippen LogP contribution in [0.2, 0.25) is 0 Å². The van der Waals surface area contributed by atoms with Crippen molar-refractivity contribution in [1.82, 2.24) is 10.2 Å². The van der Waals surface area contributed by atoms with Crippen molar-refractivity contribution < 1.29 is 14.3 Å². The fraction of sp³-hybridized carbons (Fsp3) is 0.533. The molecule has 1 aromatic carbocycles. The maximum Gasteiger partial charge on any atom is 0.224 e. The number of methoxy groups -OCH3 is 2. The van der Waals surface area contributed by atoms with Gasteiger partial charge in [-0.3, -0.25) is 4.79 Å². The number of carbonyl (C=O) groups is 1. The molecular weight excluding hydrogens is 256 g/mol. The number of hydrogen-bond acceptors (Lipinski definition) is 4. The van der Waals surface area contributed by atoms with Crippen molar-refractivity contribution in [2.45, 2.75) is 13.3 Å². The smallest absolute Gasteiger partial charge is 0.224 e. The molecule has 0 unspecified atom stereocenters. The lowest BCUT2D eigenvalue weighted by Crippen LogP contribution is -2.32. The molecule has 0 aromatic heterocycles. The fourth-order valence-corrected chi connectivity index (χ4v) is 2.03. The SMILES string of the molecule is COc1ccc(CC(=O)NCCN(C)C)c(OC)c1C. The van der Waals surface area contributed by atoms with Gasteiger partial charge in [-0.1, -0.05) is 6.07 Å². The summed E-state index contributed by atoms with van der Waals surface area (Å²) in [5.74, 6) is 1.47. The maximum absolute atomic E-state index is 11.9. The Labute approximate surface area is 120 Å². The van der Waals surface area contributed by atoms with Crippen LogP contribution in [0, 0.1) is 6.92 Å². The van der Waals surface area contributed by atoms with Crippen LogP contribution in [0.15, 0.2) is 12.1 Å². The van der Waals surface area contributed by atoms with Gasteiger partial charge >= 0.3 is 0 Å². The summed E-state index contributed by atoms with van der Waals surface area (Å²) >= 11 is 0. The van der Waals surface area contributed by atoms with Gasteiger partial charge in [0.15, 0.2) is 0 Å². The minimum absolute atomic E-state index is 0.00489. The van der Waals surface area contributed by atoms with E-state index in [-0.39, 0.29) is 5.91 Å². The number of nitrogens with one attached hydrogen (secondary N) is 1. The maximum atomic E-state index is 11.9. The average Bonchev–Trinajstić information content (AvgIpc) is 2.39. The van der Waals surface area contributed by atoms with Crippen molar-refractivity contribution in [1.29, 1.82) is 0 Å². The van der Waals surface area contributed by atoms with Gasteiger partial charge in [0, 0.05) is 24.2 Å². The van der Waals surface area contributed by atoms with Crippen LogP contribution < -0.4 is 14.8 Å². The first-order valence-corrected chi connectivity index (χ1v) is 6.61. The van der Waals surface area contributed by atoms with Crippen molar-refractivity contribution in [3.63, 3.8) is 0 Å². The van der Waals surface area contributed by atoms with E-state index in [4.69, 9.17) is 9.47 Å². The Morgan fingerprint density at radius 3 is 2.50 bits per heavy atom. The number of rotatable bonds is 7. The molecule has 1 amide bonds. The number of likely N-dealkylation sites (N-methyl/N-ethyl adjacent to an activating group) is 1. The van der Waals surface area contributed by atoms with Gasteiger partial charge in [-0.05, 0) is 27.1 Å². The van der Waals surface area contributed by atoms with Crippen LogP contribution in [0.3, 0.4) is 0 Å². The lowest BCUT2D eigenvalue weighted by molar-refractivity contribution is -0.120. The lowest BCUT2D eigenvalue weighted by Gasteiger charge is -2.15. The highest BCUT2D eigenvalue weighted by molar-refractivity contribution is 5.79. The standard InChI is InChI=1S/C15H24N2O3/c1-11-13(19-4)7-6-12(15(11)20-5)10-14(18)16-8-9-17(2)3/h6-7H,8-10H2,1-5H3,(H,16,18). The molecule has 112 valence electrons. The van der Waals surface area contributed by atoms with Crippen LogP contribution >= 0.6 is 0 Å². The summed E-state index contributed by atoms with van der Waals surface area (Å²) in [7, 11) is 7.18. The molecule has 0 radical (unpaired) electrons. The molecule has 1 N–H and O–H groups in total. The molecule has 0 bridgehead atoms. The zero-order valence-electron chi connectivity index (χ0n) is 12.9. The second-order valence-electron chi connectivity index (χ2n) is 4.92. The molecule has 0 aliphatic carbocycles. The predicted molar refractivity (Wildman–Crippen MR) is 79.6 cm³/mol. The summed E-state index contributed by atoms with van der Waals surface area (Å²) in [4.78, 5) is 13.9. The highest BCUT2D eigenvalue weighted by Gasteiger charge is 2.13. The molecule has 5 nitrogen and oxygen atoms in total. The summed E-state index contributed by atoms with van der Waals surface area (Å²) in [5.41, 5.74) is 1.78. The molecule has 1 aromatic rings. The molecule has 0 atom stereocenters. The number of nitrogens with zero attached hydrogens (tertiary/aromatic N) is 1. The van der Waals surface area contributed by atoms with Crippen molar-refractivity contribution in [2.75, 3.05) is 41.4 Å². The van der Waals surface area contributed by atoms with E-state index < -0.39 is 0 Å². The first-order valence-electron chi connectivity index (χ1n) is 6.61. The normalized spacial score (nSPS) is 10.5. The Morgan fingerprint density at radius 1 is 1.25 bits per heavy atom. The Bertz CT molecular complexity index is 459. The van der Waals surface area contributed by atoms with Gasteiger partial charge < -0.3 is 19.7 Å². The van der Waals surface area contributed by atoms with E-state index in [1.54, 1.807) is 14.2 Å². The zero-order valence-corrected chi connectivity index (χ0v) is 12.9.